The SMILES string of the molecule is CCCCCCCCOC(=O)/C(=C\C=C\N(CC)CC)Cc1ccccc1. The molecule has 0 radical (unpaired) electrons. The maximum atomic E-state index is 12.6. The smallest absolute Gasteiger partial charge is 0.334 e. The van der Waals surface area contributed by atoms with Gasteiger partial charge >= 0.3 is 5.97 Å². The average molecular weight is 372 g/mol. The molecule has 0 fully saturated rings. The fourth-order valence-corrected chi connectivity index (χ4v) is 2.87. The standard InChI is InChI=1S/C24H37NO2/c1-4-7-8-9-10-14-20-27-24(26)23(18-15-19-25(5-2)6-3)21-22-16-12-11-13-17-22/h11-13,15-19H,4-10,14,20-21H2,1-3H3/b19-15+,23-18-. The first-order valence-corrected chi connectivity index (χ1v) is 10.5. The highest BCUT2D eigenvalue weighted by Gasteiger charge is 2.11. The van der Waals surface area contributed by atoms with Crippen molar-refractivity contribution in [2.45, 2.75) is 65.7 Å². The highest BCUT2D eigenvalue weighted by Crippen LogP contribution is 2.11. The topological polar surface area (TPSA) is 29.5 Å². The fourth-order valence-electron chi connectivity index (χ4n) is 2.87. The molecule has 1 aromatic rings. The van der Waals surface area contributed by atoms with Crippen molar-refractivity contribution in [1.29, 1.82) is 0 Å². The van der Waals surface area contributed by atoms with E-state index < -0.39 is 0 Å². The molecule has 0 atom stereocenters. The number of benzene rings is 1. The molecule has 0 bridgehead atoms. The van der Waals surface area contributed by atoms with Crippen LogP contribution >= 0.6 is 0 Å². The molecule has 150 valence electrons. The van der Waals surface area contributed by atoms with Gasteiger partial charge < -0.3 is 9.64 Å². The second-order valence-electron chi connectivity index (χ2n) is 6.82. The number of ether oxygens (including phenoxy) is 1. The third kappa shape index (κ3) is 10.6. The minimum Gasteiger partial charge on any atom is -0.462 e. The average Bonchev–Trinajstić information content (AvgIpc) is 2.70. The normalized spacial score (nSPS) is 11.7. The van der Waals surface area contributed by atoms with Crippen LogP contribution in [0.5, 0.6) is 0 Å². The van der Waals surface area contributed by atoms with Crippen molar-refractivity contribution in [1.82, 2.24) is 4.90 Å². The summed E-state index contributed by atoms with van der Waals surface area (Å²) in [4.78, 5) is 14.8. The molecule has 0 aliphatic heterocycles. The Hall–Kier alpha value is -2.03. The van der Waals surface area contributed by atoms with Gasteiger partial charge in [0.25, 0.3) is 0 Å². The Kier molecular flexibility index (Phi) is 12.8. The molecule has 3 heteroatoms. The van der Waals surface area contributed by atoms with E-state index in [1.807, 2.05) is 48.7 Å². The van der Waals surface area contributed by atoms with Gasteiger partial charge in [0.2, 0.25) is 0 Å². The summed E-state index contributed by atoms with van der Waals surface area (Å²) in [6.45, 7) is 8.89. The van der Waals surface area contributed by atoms with Crippen LogP contribution < -0.4 is 0 Å². The Bertz CT molecular complexity index is 559. The molecule has 27 heavy (non-hydrogen) atoms. The maximum absolute atomic E-state index is 12.6. The quantitative estimate of drug-likeness (QED) is 0.176. The summed E-state index contributed by atoms with van der Waals surface area (Å²) in [7, 11) is 0. The Morgan fingerprint density at radius 1 is 0.963 bits per heavy atom. The van der Waals surface area contributed by atoms with E-state index in [0.29, 0.717) is 18.6 Å². The Morgan fingerprint density at radius 3 is 2.30 bits per heavy atom. The summed E-state index contributed by atoms with van der Waals surface area (Å²) in [5.74, 6) is -0.198. The van der Waals surface area contributed by atoms with E-state index in [1.165, 1.54) is 25.7 Å². The lowest BCUT2D eigenvalue weighted by molar-refractivity contribution is -0.139. The minimum atomic E-state index is -0.198. The molecule has 0 heterocycles. The van der Waals surface area contributed by atoms with Crippen molar-refractivity contribution in [3.05, 3.63) is 59.8 Å². The first-order chi connectivity index (χ1) is 13.2. The van der Waals surface area contributed by atoms with E-state index >= 15 is 0 Å². The zero-order valence-electron chi connectivity index (χ0n) is 17.5. The largest absolute Gasteiger partial charge is 0.462 e. The van der Waals surface area contributed by atoms with Crippen LogP contribution in [-0.2, 0) is 16.0 Å². The summed E-state index contributed by atoms with van der Waals surface area (Å²) in [6, 6.07) is 10.1. The van der Waals surface area contributed by atoms with E-state index in [4.69, 9.17) is 4.74 Å². The number of carbonyl (C=O) groups is 1. The predicted octanol–water partition coefficient (Wildman–Crippen LogP) is 5.91. The van der Waals surface area contributed by atoms with Crippen molar-refractivity contribution in [3.63, 3.8) is 0 Å². The van der Waals surface area contributed by atoms with E-state index in [9.17, 15) is 4.79 Å². The van der Waals surface area contributed by atoms with Crippen molar-refractivity contribution >= 4 is 5.97 Å². The van der Waals surface area contributed by atoms with Gasteiger partial charge in [0.1, 0.15) is 0 Å². The van der Waals surface area contributed by atoms with Gasteiger partial charge in [-0.3, -0.25) is 0 Å². The van der Waals surface area contributed by atoms with Crippen LogP contribution in [0.1, 0.15) is 64.9 Å². The molecule has 3 nitrogen and oxygen atoms in total. The Morgan fingerprint density at radius 2 is 1.63 bits per heavy atom. The van der Waals surface area contributed by atoms with Crippen LogP contribution in [0.4, 0.5) is 0 Å². The molecule has 0 spiro atoms. The molecular formula is C24H37NO2. The third-order valence-electron chi connectivity index (χ3n) is 4.64. The van der Waals surface area contributed by atoms with Crippen molar-refractivity contribution in [2.75, 3.05) is 19.7 Å². The summed E-state index contributed by atoms with van der Waals surface area (Å²) >= 11 is 0. The van der Waals surface area contributed by atoms with Gasteiger partial charge in [-0.25, -0.2) is 4.79 Å². The lowest BCUT2D eigenvalue weighted by atomic mass is 10.0. The Balaban J connectivity index is 2.60. The van der Waals surface area contributed by atoms with Crippen LogP contribution in [0.2, 0.25) is 0 Å². The highest BCUT2D eigenvalue weighted by atomic mass is 16.5. The van der Waals surface area contributed by atoms with Gasteiger partial charge in [0.05, 0.1) is 6.61 Å². The summed E-state index contributed by atoms with van der Waals surface area (Å²) < 4.78 is 5.54. The molecule has 0 N–H and O–H groups in total. The molecule has 0 aromatic heterocycles. The number of carbonyl (C=O) groups excluding carboxylic acids is 1. The first kappa shape index (κ1) is 23.0. The van der Waals surface area contributed by atoms with E-state index in [-0.39, 0.29) is 5.97 Å². The highest BCUT2D eigenvalue weighted by molar-refractivity contribution is 5.89. The predicted molar refractivity (Wildman–Crippen MR) is 115 cm³/mol. The number of unbranched alkanes of at least 4 members (excludes halogenated alkanes) is 5. The van der Waals surface area contributed by atoms with Gasteiger partial charge in [0.15, 0.2) is 0 Å². The molecule has 0 aliphatic rings. The maximum Gasteiger partial charge on any atom is 0.334 e. The third-order valence-corrected chi connectivity index (χ3v) is 4.64. The second-order valence-corrected chi connectivity index (χ2v) is 6.82. The van der Waals surface area contributed by atoms with Gasteiger partial charge in [-0.05, 0) is 38.1 Å². The fraction of sp³-hybridized carbons (Fsp3) is 0.542. The number of rotatable bonds is 14. The number of esters is 1. The second kappa shape index (κ2) is 15.1. The first-order valence-electron chi connectivity index (χ1n) is 10.5. The zero-order valence-corrected chi connectivity index (χ0v) is 17.5. The van der Waals surface area contributed by atoms with E-state index in [2.05, 4.69) is 25.7 Å². The lowest BCUT2D eigenvalue weighted by Crippen LogP contribution is -2.15. The monoisotopic (exact) mass is 371 g/mol. The molecule has 0 saturated carbocycles. The van der Waals surface area contributed by atoms with Crippen LogP contribution in [0.25, 0.3) is 0 Å². The van der Waals surface area contributed by atoms with E-state index in [1.54, 1.807) is 0 Å². The number of nitrogens with zero attached hydrogens (tertiary/aromatic N) is 1. The molecular weight excluding hydrogens is 334 g/mol. The van der Waals surface area contributed by atoms with Crippen molar-refractivity contribution in [3.8, 4) is 0 Å². The molecule has 1 rings (SSSR count). The lowest BCUT2D eigenvalue weighted by Gasteiger charge is -2.14. The van der Waals surface area contributed by atoms with Gasteiger partial charge in [-0.1, -0.05) is 75.4 Å². The van der Waals surface area contributed by atoms with Gasteiger partial charge in [-0.15, -0.1) is 0 Å². The molecule has 0 saturated heterocycles. The van der Waals surface area contributed by atoms with Crippen LogP contribution in [0.15, 0.2) is 54.3 Å². The molecule has 0 aliphatic carbocycles. The zero-order chi connectivity index (χ0) is 19.7. The molecule has 0 amide bonds. The number of allylic oxidation sites excluding steroid dienone is 2. The summed E-state index contributed by atoms with van der Waals surface area (Å²) in [6.07, 6.45) is 13.6. The number of hydrogen-bond donors (Lipinski definition) is 0. The van der Waals surface area contributed by atoms with Crippen LogP contribution in [0.3, 0.4) is 0 Å². The van der Waals surface area contributed by atoms with Gasteiger partial charge in [-0.2, -0.15) is 0 Å². The minimum absolute atomic E-state index is 0.198. The van der Waals surface area contributed by atoms with E-state index in [0.717, 1.165) is 31.5 Å². The Labute approximate surface area is 166 Å². The number of hydrogen-bond acceptors (Lipinski definition) is 3. The van der Waals surface area contributed by atoms with Crippen molar-refractivity contribution in [2.24, 2.45) is 0 Å². The molecule has 0 unspecified atom stereocenters. The van der Waals surface area contributed by atoms with Crippen LogP contribution in [0, 0.1) is 0 Å². The molecule has 1 aromatic carbocycles. The van der Waals surface area contributed by atoms with Crippen LogP contribution in [-0.4, -0.2) is 30.6 Å². The van der Waals surface area contributed by atoms with Gasteiger partial charge in [0, 0.05) is 25.1 Å². The summed E-state index contributed by atoms with van der Waals surface area (Å²) in [5, 5.41) is 0. The summed E-state index contributed by atoms with van der Waals surface area (Å²) in [5.41, 5.74) is 1.83. The van der Waals surface area contributed by atoms with Crippen molar-refractivity contribution < 1.29 is 9.53 Å².